The Morgan fingerprint density at radius 1 is 1.17 bits per heavy atom. The van der Waals surface area contributed by atoms with E-state index in [1.54, 1.807) is 24.3 Å². The Labute approximate surface area is 168 Å². The van der Waals surface area contributed by atoms with Gasteiger partial charge in [0.05, 0.1) is 20.1 Å². The predicted molar refractivity (Wildman–Crippen MR) is 105 cm³/mol. The summed E-state index contributed by atoms with van der Waals surface area (Å²) in [4.78, 5) is 22.1. The lowest BCUT2D eigenvalue weighted by atomic mass is 9.90. The first-order valence-corrected chi connectivity index (χ1v) is 8.99. The lowest BCUT2D eigenvalue weighted by Gasteiger charge is -2.20. The van der Waals surface area contributed by atoms with Gasteiger partial charge < -0.3 is 24.1 Å². The molecule has 152 valence electrons. The molecule has 1 aliphatic rings. The number of phenols is 1. The van der Waals surface area contributed by atoms with E-state index >= 15 is 0 Å². The van der Waals surface area contributed by atoms with E-state index in [1.165, 1.54) is 33.3 Å². The third-order valence-corrected chi connectivity index (χ3v) is 4.70. The number of hydrogen-bond acceptors (Lipinski definition) is 7. The second-order valence-corrected chi connectivity index (χ2v) is 6.52. The summed E-state index contributed by atoms with van der Waals surface area (Å²) in [5.74, 6) is 0.669. The van der Waals surface area contributed by atoms with Gasteiger partial charge in [-0.1, -0.05) is 12.1 Å². The molecule has 0 saturated carbocycles. The molecule has 2 aromatic carbocycles. The van der Waals surface area contributed by atoms with E-state index < -0.39 is 12.1 Å². The number of carbonyl (C=O) groups excluding carboxylic acids is 2. The highest BCUT2D eigenvalue weighted by Crippen LogP contribution is 2.51. The Balaban J connectivity index is 2.08. The van der Waals surface area contributed by atoms with Crippen molar-refractivity contribution >= 4 is 18.3 Å². The monoisotopic (exact) mass is 398 g/mol. The van der Waals surface area contributed by atoms with Crippen LogP contribution in [0.1, 0.15) is 35.6 Å². The molecule has 0 bridgehead atoms. The largest absolute Gasteiger partial charge is 0.504 e. The number of aldehydes is 1. The van der Waals surface area contributed by atoms with Gasteiger partial charge in [0.15, 0.2) is 23.0 Å². The highest BCUT2D eigenvalue weighted by molar-refractivity contribution is 5.75. The van der Waals surface area contributed by atoms with Gasteiger partial charge in [0.25, 0.3) is 0 Å². The van der Waals surface area contributed by atoms with Gasteiger partial charge in [-0.2, -0.15) is 0 Å². The van der Waals surface area contributed by atoms with Gasteiger partial charge in [0.2, 0.25) is 0 Å². The van der Waals surface area contributed by atoms with Crippen LogP contribution >= 0.6 is 0 Å². The molecule has 3 rings (SSSR count). The Bertz CT molecular complexity index is 948. The molecule has 1 N–H and O–H groups in total. The number of methoxy groups -OCH3 is 2. The minimum absolute atomic E-state index is 0.0159. The first-order chi connectivity index (χ1) is 14.0. The zero-order valence-electron chi connectivity index (χ0n) is 16.4. The van der Waals surface area contributed by atoms with E-state index in [9.17, 15) is 14.7 Å². The molecule has 7 heteroatoms. The van der Waals surface area contributed by atoms with Crippen LogP contribution in [-0.2, 0) is 14.3 Å². The van der Waals surface area contributed by atoms with Crippen LogP contribution in [0.2, 0.25) is 0 Å². The molecule has 7 nitrogen and oxygen atoms in total. The van der Waals surface area contributed by atoms with Gasteiger partial charge in [0.1, 0.15) is 19.0 Å². The fraction of sp³-hybridized carbons (Fsp3) is 0.273. The van der Waals surface area contributed by atoms with Gasteiger partial charge >= 0.3 is 5.97 Å². The summed E-state index contributed by atoms with van der Waals surface area (Å²) < 4.78 is 22.2. The smallest absolute Gasteiger partial charge is 0.302 e. The van der Waals surface area contributed by atoms with Crippen LogP contribution in [-0.4, -0.2) is 38.2 Å². The lowest BCUT2D eigenvalue weighted by Crippen LogP contribution is -2.17. The summed E-state index contributed by atoms with van der Waals surface area (Å²) in [6.45, 7) is 1.44. The van der Waals surface area contributed by atoms with Crippen molar-refractivity contribution in [1.82, 2.24) is 0 Å². The first-order valence-electron chi connectivity index (χ1n) is 8.99. The number of esters is 1. The average Bonchev–Trinajstić information content (AvgIpc) is 3.08. The van der Waals surface area contributed by atoms with Crippen molar-refractivity contribution < 1.29 is 33.6 Å². The Kier molecular flexibility index (Phi) is 6.07. The Morgan fingerprint density at radius 2 is 1.93 bits per heavy atom. The molecule has 0 amide bonds. The van der Waals surface area contributed by atoms with Crippen molar-refractivity contribution in [2.45, 2.75) is 18.9 Å². The van der Waals surface area contributed by atoms with E-state index in [0.29, 0.717) is 23.5 Å². The van der Waals surface area contributed by atoms with Crippen LogP contribution in [0.15, 0.2) is 36.4 Å². The summed E-state index contributed by atoms with van der Waals surface area (Å²) in [7, 11) is 3.00. The fourth-order valence-electron chi connectivity index (χ4n) is 3.37. The van der Waals surface area contributed by atoms with E-state index in [0.717, 1.165) is 16.7 Å². The predicted octanol–water partition coefficient (Wildman–Crippen LogP) is 3.40. The summed E-state index contributed by atoms with van der Waals surface area (Å²) in [5.41, 5.74) is 2.31. The number of allylic oxidation sites excluding steroid dienone is 1. The van der Waals surface area contributed by atoms with Crippen LogP contribution in [0.3, 0.4) is 0 Å². The molecule has 0 aliphatic carbocycles. The highest BCUT2D eigenvalue weighted by atomic mass is 16.5. The number of benzene rings is 2. The van der Waals surface area contributed by atoms with Crippen molar-refractivity contribution in [3.05, 3.63) is 53.1 Å². The molecule has 2 atom stereocenters. The quantitative estimate of drug-likeness (QED) is 0.434. The van der Waals surface area contributed by atoms with Crippen molar-refractivity contribution in [3.8, 4) is 23.0 Å². The summed E-state index contributed by atoms with van der Waals surface area (Å²) in [6, 6.07) is 8.59. The molecule has 1 aliphatic heterocycles. The van der Waals surface area contributed by atoms with E-state index in [-0.39, 0.29) is 18.3 Å². The van der Waals surface area contributed by atoms with E-state index in [2.05, 4.69) is 0 Å². The van der Waals surface area contributed by atoms with Crippen LogP contribution < -0.4 is 14.2 Å². The lowest BCUT2D eigenvalue weighted by molar-refractivity contribution is -0.141. The third kappa shape index (κ3) is 4.18. The number of phenolic OH excluding ortho intramolecular Hbond substituents is 1. The highest BCUT2D eigenvalue weighted by Gasteiger charge is 2.39. The Hall–Kier alpha value is -3.48. The molecule has 0 radical (unpaired) electrons. The number of carbonyl (C=O) groups is 2. The van der Waals surface area contributed by atoms with Gasteiger partial charge in [-0.3, -0.25) is 9.59 Å². The fourth-order valence-corrected chi connectivity index (χ4v) is 3.37. The zero-order chi connectivity index (χ0) is 21.0. The minimum atomic E-state index is -0.488. The third-order valence-electron chi connectivity index (χ3n) is 4.70. The number of fused-ring (bicyclic) bond motifs is 1. The number of ether oxygens (including phenoxy) is 4. The van der Waals surface area contributed by atoms with Gasteiger partial charge in [-0.25, -0.2) is 0 Å². The summed E-state index contributed by atoms with van der Waals surface area (Å²) in [5, 5.41) is 9.90. The number of hydrogen-bond donors (Lipinski definition) is 1. The topological polar surface area (TPSA) is 91.3 Å². The maximum absolute atomic E-state index is 11.4. The van der Waals surface area contributed by atoms with Gasteiger partial charge in [0, 0.05) is 12.5 Å². The molecule has 0 saturated heterocycles. The molecular weight excluding hydrogens is 376 g/mol. The molecule has 0 fully saturated rings. The van der Waals surface area contributed by atoms with Crippen LogP contribution in [0.25, 0.3) is 6.08 Å². The van der Waals surface area contributed by atoms with Crippen LogP contribution in [0.4, 0.5) is 0 Å². The standard InChI is InChI=1S/C22H22O7/c1-13(24)28-12-17-16-9-14(5-4-8-23)10-20(27-3)22(16)29-21(17)15-6-7-18(25)19(11-15)26-2/h4-11,17,21,25H,12H2,1-3H3/t17-,21-/m0/s1. The summed E-state index contributed by atoms with van der Waals surface area (Å²) >= 11 is 0. The molecule has 0 aromatic heterocycles. The van der Waals surface area contributed by atoms with Crippen molar-refractivity contribution in [1.29, 1.82) is 0 Å². The second kappa shape index (κ2) is 8.68. The normalized spacial score (nSPS) is 17.5. The molecule has 0 unspecified atom stereocenters. The number of aromatic hydroxyl groups is 1. The van der Waals surface area contributed by atoms with Gasteiger partial charge in [-0.05, 0) is 41.5 Å². The summed E-state index contributed by atoms with van der Waals surface area (Å²) in [6.07, 6.45) is 3.26. The van der Waals surface area contributed by atoms with Crippen molar-refractivity contribution in [3.63, 3.8) is 0 Å². The number of rotatable bonds is 7. The van der Waals surface area contributed by atoms with Crippen LogP contribution in [0.5, 0.6) is 23.0 Å². The molecule has 2 aromatic rings. The van der Waals surface area contributed by atoms with Crippen molar-refractivity contribution in [2.24, 2.45) is 0 Å². The van der Waals surface area contributed by atoms with Gasteiger partial charge in [-0.15, -0.1) is 0 Å². The SMILES string of the molecule is COc1cc([C@@H]2Oc3c(OC)cc(C=CC=O)cc3[C@@H]2COC(C)=O)ccc1O. The first kappa shape index (κ1) is 20.3. The van der Waals surface area contributed by atoms with Crippen molar-refractivity contribution in [2.75, 3.05) is 20.8 Å². The zero-order valence-corrected chi connectivity index (χ0v) is 16.4. The van der Waals surface area contributed by atoms with Crippen LogP contribution in [0, 0.1) is 0 Å². The minimum Gasteiger partial charge on any atom is -0.504 e. The second-order valence-electron chi connectivity index (χ2n) is 6.52. The molecule has 1 heterocycles. The van der Waals surface area contributed by atoms with E-state index in [4.69, 9.17) is 18.9 Å². The Morgan fingerprint density at radius 3 is 2.59 bits per heavy atom. The average molecular weight is 398 g/mol. The maximum Gasteiger partial charge on any atom is 0.302 e. The van der Waals surface area contributed by atoms with E-state index in [1.807, 2.05) is 6.07 Å². The maximum atomic E-state index is 11.4. The molecular formula is C22H22O7. The molecule has 29 heavy (non-hydrogen) atoms. The molecule has 0 spiro atoms.